The molecule has 33 nitrogen and oxygen atoms in total. The van der Waals surface area contributed by atoms with E-state index in [1.807, 2.05) is 6.11 Å². The Kier molecular flexibility index (Phi) is 22.6. The van der Waals surface area contributed by atoms with Gasteiger partial charge in [-0.05, 0) is 127 Å². The summed E-state index contributed by atoms with van der Waals surface area (Å²) in [5.74, 6) is 5.98. The summed E-state index contributed by atoms with van der Waals surface area (Å²) >= 11 is 15.0. The van der Waals surface area contributed by atoms with Crippen LogP contribution in [0, 0.1) is 11.4 Å². The summed E-state index contributed by atoms with van der Waals surface area (Å²) in [6.07, 6.45) is 3.57. The Morgan fingerprint density at radius 2 is 1.61 bits per heavy atom. The predicted octanol–water partition coefficient (Wildman–Crippen LogP) is 6.38. The number of anilines is 4. The van der Waals surface area contributed by atoms with Crippen LogP contribution in [0.5, 0.6) is 0 Å². The van der Waals surface area contributed by atoms with Crippen LogP contribution < -0.4 is 21.8 Å². The van der Waals surface area contributed by atoms with Gasteiger partial charge < -0.3 is 25.9 Å². The summed E-state index contributed by atoms with van der Waals surface area (Å²) in [6, 6.07) is 4.61. The van der Waals surface area contributed by atoms with E-state index >= 15 is 0 Å². The number of hydrogen-bond acceptors (Lipinski definition) is 32. The van der Waals surface area contributed by atoms with E-state index in [0.717, 1.165) is 42.0 Å². The van der Waals surface area contributed by atoms with E-state index in [0.29, 0.717) is 23.3 Å². The molecule has 0 radical (unpaired) electrons. The Labute approximate surface area is 493 Å². The average Bonchev–Trinajstić information content (AvgIpc) is 2.83. The van der Waals surface area contributed by atoms with Crippen LogP contribution in [-0.4, -0.2) is 144 Å². The minimum atomic E-state index is -4.90. The fourth-order valence-electron chi connectivity index (χ4n) is 8.37. The van der Waals surface area contributed by atoms with Gasteiger partial charge in [-0.2, -0.15) is 76.4 Å². The first-order chi connectivity index (χ1) is 39.5. The smallest absolute Gasteiger partial charge is 0.433 e. The third-order valence-corrected chi connectivity index (χ3v) is 16.9. The molecule has 2 aromatic heterocycles. The van der Waals surface area contributed by atoms with E-state index in [9.17, 15) is 39.2 Å². The minimum Gasteiger partial charge on any atom is -0.481 e. The maximum Gasteiger partial charge on any atom is 0.433 e. The van der Waals surface area contributed by atoms with Gasteiger partial charge in [0.15, 0.2) is 11.3 Å². The summed E-state index contributed by atoms with van der Waals surface area (Å²) in [5.41, 5.74) is 3.20. The van der Waals surface area contributed by atoms with Crippen molar-refractivity contribution in [2.45, 2.75) is 95.7 Å². The first-order valence-electron chi connectivity index (χ1n) is 23.2. The molecule has 0 aliphatic heterocycles. The zero-order chi connectivity index (χ0) is 59.9. The van der Waals surface area contributed by atoms with E-state index in [2.05, 4.69) is 119 Å². The number of allylic oxidation sites excluding steroid dienone is 1. The number of aryl methyl sites for hydroxylation is 1. The number of halogens is 2. The number of azo groups is 2. The average molecular weight is 1310 g/mol. The minimum absolute atomic E-state index is 0.0151. The predicted molar refractivity (Wildman–Crippen MR) is 298 cm³/mol. The molecule has 2 saturated carbocycles. The van der Waals surface area contributed by atoms with Crippen molar-refractivity contribution in [1.82, 2.24) is 29.9 Å². The first-order valence-corrected chi connectivity index (χ1v) is 30.9. The molecule has 10 N–H and O–H groups in total. The fourth-order valence-corrected chi connectivity index (χ4v) is 12.5. The highest BCUT2D eigenvalue weighted by atomic mass is 35.5. The lowest BCUT2D eigenvalue weighted by Crippen LogP contribution is -2.50. The summed E-state index contributed by atoms with van der Waals surface area (Å²) in [6.45, 7) is 3.44. The third kappa shape index (κ3) is 19.3. The number of carbonyl (C=O) groups is 1. The van der Waals surface area contributed by atoms with Gasteiger partial charge >= 0.3 is 16.4 Å². The number of carboxylic acid groups (broad SMARTS) is 1. The van der Waals surface area contributed by atoms with E-state index in [-0.39, 0.29) is 99.7 Å². The molecule has 7 unspecified atom stereocenters. The quantitative estimate of drug-likeness (QED) is 0.00351. The number of nitrogens with two attached hydrogens (primary N) is 1. The molecule has 2 heterocycles. The van der Waals surface area contributed by atoms with Crippen molar-refractivity contribution in [2.24, 2.45) is 36.3 Å². The molecular formula is C42H42Cl2N16O17S6. The van der Waals surface area contributed by atoms with Crippen LogP contribution in [0.2, 0.25) is 10.6 Å². The summed E-state index contributed by atoms with van der Waals surface area (Å²) in [7, 11) is -14.6. The standard InChI is InChI=1S/C42H42Cl2N16O17S6/c1-2-11-46-32-17-29(30(18-34(32)81(64,65)66)59-60-31-16-23(5-10-33(31)80-76-75-63)49-40-53-38(44)54-42(56-40)79-19-35(61)62)50-41-52-37(43)51-39(55-41)48-22-4-9-26(28(15-22)47-20-73-45)57-58-27-8-3-21-14-24(78-13-12-74-77-83(70,71)72)6-7-25(21)36(27)82(67,68)69/h4,6-7,9,14-15,20,23,29-34,63H,1,3,5,8,10,16-19,45H2,(H,61,62)(H,64,65,66)(H,67,68,69)(H,70,71,72)(H,49,53,54,56)(H2,48,50,51,52,55). The molecule has 7 rings (SSSR count). The number of thioether (sulfide) groups is 2. The number of nitrogens with zero attached hydrogens (tertiary/aromatic N) is 12. The summed E-state index contributed by atoms with van der Waals surface area (Å²) in [5, 5.41) is 48.8. The second kappa shape index (κ2) is 29.3. The van der Waals surface area contributed by atoms with Crippen molar-refractivity contribution in [3.63, 3.8) is 0 Å². The molecule has 4 aromatic rings. The molecule has 0 amide bonds. The van der Waals surface area contributed by atoms with E-state index < -0.39 is 82.2 Å². The van der Waals surface area contributed by atoms with Crippen molar-refractivity contribution >= 4 is 147 Å². The summed E-state index contributed by atoms with van der Waals surface area (Å²) in [4.78, 5) is 53.3. The maximum absolute atomic E-state index is 12.9. The number of nitrogens with one attached hydrogen (secondary N) is 3. The van der Waals surface area contributed by atoms with Crippen molar-refractivity contribution < 1.29 is 77.5 Å². The van der Waals surface area contributed by atoms with Gasteiger partial charge in [0.2, 0.25) is 34.8 Å². The molecule has 0 saturated heterocycles. The first kappa shape index (κ1) is 64.1. The number of carboxylic acids is 1. The van der Waals surface area contributed by atoms with Gasteiger partial charge in [-0.15, -0.1) is 9.45 Å². The number of fused-ring (bicyclic) bond motifs is 1. The third-order valence-electron chi connectivity index (χ3n) is 11.6. The van der Waals surface area contributed by atoms with Crippen molar-refractivity contribution in [3.8, 4) is 11.4 Å². The number of rotatable bonds is 24. The van der Waals surface area contributed by atoms with Gasteiger partial charge in [0.1, 0.15) is 15.8 Å². The zero-order valence-corrected chi connectivity index (χ0v) is 48.1. The number of aliphatic imine (C=N–C) groups is 2. The van der Waals surface area contributed by atoms with E-state index in [1.54, 1.807) is 6.07 Å². The Bertz CT molecular complexity index is 3700. The van der Waals surface area contributed by atoms with Gasteiger partial charge in [0, 0.05) is 45.4 Å². The van der Waals surface area contributed by atoms with Crippen LogP contribution >= 0.6 is 58.8 Å². The van der Waals surface area contributed by atoms with Gasteiger partial charge in [0.05, 0.1) is 46.6 Å². The highest BCUT2D eigenvalue weighted by Gasteiger charge is 2.44. The molecule has 7 atom stereocenters. The highest BCUT2D eigenvalue weighted by molar-refractivity contribution is 8.04. The topological polar surface area (TPSA) is 480 Å². The number of aromatic nitrogens is 6. The van der Waals surface area contributed by atoms with Crippen LogP contribution in [0.1, 0.15) is 49.7 Å². The molecule has 3 aliphatic rings. The molecule has 0 bridgehead atoms. The molecule has 442 valence electrons. The van der Waals surface area contributed by atoms with Crippen LogP contribution in [0.25, 0.3) is 4.91 Å². The molecule has 41 heteroatoms. The molecule has 3 aliphatic carbocycles. The van der Waals surface area contributed by atoms with Crippen LogP contribution in [-0.2, 0) is 65.3 Å². The number of aliphatic carboxylic acids is 1. The van der Waals surface area contributed by atoms with Gasteiger partial charge in [-0.3, -0.25) is 23.3 Å². The largest absolute Gasteiger partial charge is 0.481 e. The molecule has 2 aromatic carbocycles. The van der Waals surface area contributed by atoms with Gasteiger partial charge in [-0.25, -0.2) is 15.2 Å². The molecule has 83 heavy (non-hydrogen) atoms. The SMILES string of the molecule is C=C=C=NC1CC(Nc2nc(Cl)nc(Nc3ccc(N=NC4=C(S(=O)(=O)O)c5ccc(SC#COOS(=O)(=O)O)cc5CC4)c(N=CON)c3)n2)C(N=NC2CC(Nc3nc(Cl)nc(SCC(=O)O)n3)CCC2SOOO)CC1S(=O)(=O)O. The van der Waals surface area contributed by atoms with Crippen LogP contribution in [0.3, 0.4) is 0 Å². The van der Waals surface area contributed by atoms with Gasteiger partial charge in [0.25, 0.3) is 20.2 Å². The van der Waals surface area contributed by atoms with Crippen LogP contribution in [0.4, 0.5) is 34.9 Å². The van der Waals surface area contributed by atoms with Crippen molar-refractivity contribution in [3.05, 3.63) is 76.1 Å². The highest BCUT2D eigenvalue weighted by Crippen LogP contribution is 2.40. The lowest BCUT2D eigenvalue weighted by molar-refractivity contribution is -0.432. The zero-order valence-electron chi connectivity index (χ0n) is 41.7. The van der Waals surface area contributed by atoms with Gasteiger partial charge in [-0.1, -0.05) is 28.6 Å². The normalized spacial score (nSPS) is 21.1. The Morgan fingerprint density at radius 3 is 2.33 bits per heavy atom. The fraction of sp³-hybridized carbons (Fsp3) is 0.357. The molecule has 2 fully saturated rings. The second-order valence-electron chi connectivity index (χ2n) is 17.1. The van der Waals surface area contributed by atoms with E-state index in [1.165, 1.54) is 30.3 Å². The summed E-state index contributed by atoms with van der Waals surface area (Å²) < 4.78 is 110. The van der Waals surface area contributed by atoms with Crippen molar-refractivity contribution in [2.75, 3.05) is 21.7 Å². The Balaban J connectivity index is 1.13. The molecular weight excluding hydrogens is 1260 g/mol. The lowest BCUT2D eigenvalue weighted by Gasteiger charge is -2.37. The Hall–Kier alpha value is -6.51. The number of benzene rings is 2. The van der Waals surface area contributed by atoms with Crippen LogP contribution in [0.15, 0.2) is 94.9 Å². The van der Waals surface area contributed by atoms with E-state index in [4.69, 9.17) is 48.3 Å². The monoisotopic (exact) mass is 1300 g/mol. The second-order valence-corrected chi connectivity index (χ2v) is 24.5. The number of hydrogen-bond donors (Lipinski definition) is 9. The lowest BCUT2D eigenvalue weighted by atomic mass is 9.87. The Morgan fingerprint density at radius 1 is 0.867 bits per heavy atom. The van der Waals surface area contributed by atoms with Crippen molar-refractivity contribution in [1.29, 1.82) is 0 Å². The maximum atomic E-state index is 12.9. The molecule has 0 spiro atoms.